The molecule has 0 aromatic carbocycles. The largest absolute Gasteiger partial charge is 0.472 e. The van der Waals surface area contributed by atoms with E-state index >= 15 is 0 Å². The van der Waals surface area contributed by atoms with Crippen molar-refractivity contribution < 1.29 is 80.2 Å². The van der Waals surface area contributed by atoms with Crippen molar-refractivity contribution in [1.82, 2.24) is 0 Å². The molecular formula is C78H152O17P2. The lowest BCUT2D eigenvalue weighted by Gasteiger charge is -2.21. The molecule has 0 aliphatic rings. The van der Waals surface area contributed by atoms with Crippen LogP contribution in [0, 0.1) is 5.92 Å². The average Bonchev–Trinajstić information content (AvgIpc) is 1.57. The Morgan fingerprint density at radius 1 is 0.278 bits per heavy atom. The number of carbonyl (C=O) groups is 4. The van der Waals surface area contributed by atoms with Crippen molar-refractivity contribution in [2.24, 2.45) is 5.92 Å². The van der Waals surface area contributed by atoms with Crippen LogP contribution in [0.4, 0.5) is 0 Å². The lowest BCUT2D eigenvalue weighted by Crippen LogP contribution is -2.30. The zero-order valence-electron chi connectivity index (χ0n) is 63.2. The molecule has 5 atom stereocenters. The topological polar surface area (TPSA) is 237 Å². The van der Waals surface area contributed by atoms with E-state index in [2.05, 4.69) is 34.6 Å². The fraction of sp³-hybridized carbons (Fsp3) is 0.949. The molecule has 0 saturated heterocycles. The molecule has 0 aliphatic heterocycles. The van der Waals surface area contributed by atoms with Gasteiger partial charge in [0.2, 0.25) is 0 Å². The maximum atomic E-state index is 13.1. The summed E-state index contributed by atoms with van der Waals surface area (Å²) < 4.78 is 68.4. The van der Waals surface area contributed by atoms with Crippen LogP contribution < -0.4 is 0 Å². The van der Waals surface area contributed by atoms with Crippen LogP contribution in [0.3, 0.4) is 0 Å². The van der Waals surface area contributed by atoms with Gasteiger partial charge in [0.25, 0.3) is 0 Å². The van der Waals surface area contributed by atoms with E-state index in [1.807, 2.05) is 0 Å². The quantitative estimate of drug-likeness (QED) is 0.0222. The van der Waals surface area contributed by atoms with E-state index < -0.39 is 97.5 Å². The highest BCUT2D eigenvalue weighted by molar-refractivity contribution is 7.47. The predicted octanol–water partition coefficient (Wildman–Crippen LogP) is 23.3. The normalized spacial score (nSPS) is 13.9. The van der Waals surface area contributed by atoms with E-state index in [0.29, 0.717) is 25.7 Å². The number of phosphoric acid groups is 2. The van der Waals surface area contributed by atoms with Gasteiger partial charge in [0, 0.05) is 25.7 Å². The number of carbonyl (C=O) groups excluding carboxylic acids is 4. The maximum absolute atomic E-state index is 13.1. The lowest BCUT2D eigenvalue weighted by molar-refractivity contribution is -0.161. The molecule has 17 nitrogen and oxygen atoms in total. The maximum Gasteiger partial charge on any atom is 0.472 e. The first-order valence-corrected chi connectivity index (χ1v) is 43.6. The van der Waals surface area contributed by atoms with Crippen molar-refractivity contribution in [3.8, 4) is 0 Å². The van der Waals surface area contributed by atoms with Gasteiger partial charge in [-0.15, -0.1) is 0 Å². The van der Waals surface area contributed by atoms with Crippen LogP contribution in [0.15, 0.2) is 0 Å². The highest BCUT2D eigenvalue weighted by Crippen LogP contribution is 2.45. The zero-order valence-corrected chi connectivity index (χ0v) is 65.0. The van der Waals surface area contributed by atoms with Crippen LogP contribution in [0.2, 0.25) is 0 Å². The third-order valence-electron chi connectivity index (χ3n) is 18.3. The summed E-state index contributed by atoms with van der Waals surface area (Å²) >= 11 is 0. The summed E-state index contributed by atoms with van der Waals surface area (Å²) in [7, 11) is -9.90. The molecule has 0 heterocycles. The molecule has 3 N–H and O–H groups in total. The fourth-order valence-electron chi connectivity index (χ4n) is 12.1. The average molecular weight is 1420 g/mol. The first-order valence-electron chi connectivity index (χ1n) is 40.6. The minimum Gasteiger partial charge on any atom is -0.462 e. The third kappa shape index (κ3) is 72.2. The van der Waals surface area contributed by atoms with E-state index in [1.165, 1.54) is 231 Å². The van der Waals surface area contributed by atoms with Crippen molar-refractivity contribution in [2.75, 3.05) is 39.6 Å². The number of esters is 4. The van der Waals surface area contributed by atoms with Crippen LogP contribution in [0.5, 0.6) is 0 Å². The molecule has 0 saturated carbocycles. The summed E-state index contributed by atoms with van der Waals surface area (Å²) in [6, 6.07) is 0. The fourth-order valence-corrected chi connectivity index (χ4v) is 13.6. The number of unbranched alkanes of at least 4 members (excludes halogenated alkanes) is 50. The molecular weight excluding hydrogens is 1270 g/mol. The highest BCUT2D eigenvalue weighted by Gasteiger charge is 2.30. The molecule has 0 rings (SSSR count). The number of ether oxygens (including phenoxy) is 4. The molecule has 0 aliphatic carbocycles. The van der Waals surface area contributed by atoms with E-state index in [0.717, 1.165) is 102 Å². The monoisotopic (exact) mass is 1420 g/mol. The zero-order chi connectivity index (χ0) is 71.2. The van der Waals surface area contributed by atoms with Gasteiger partial charge in [-0.3, -0.25) is 37.3 Å². The van der Waals surface area contributed by atoms with Crippen LogP contribution in [-0.4, -0.2) is 96.7 Å². The van der Waals surface area contributed by atoms with Crippen LogP contribution in [-0.2, 0) is 65.4 Å². The summed E-state index contributed by atoms with van der Waals surface area (Å²) in [4.78, 5) is 72.7. The minimum atomic E-state index is -4.96. The van der Waals surface area contributed by atoms with Crippen molar-refractivity contribution in [3.63, 3.8) is 0 Å². The number of phosphoric ester groups is 2. The molecule has 0 bridgehead atoms. The Morgan fingerprint density at radius 3 is 0.701 bits per heavy atom. The number of rotatable bonds is 78. The first kappa shape index (κ1) is 95.1. The number of aliphatic hydroxyl groups excluding tert-OH is 1. The van der Waals surface area contributed by atoms with Crippen molar-refractivity contribution in [2.45, 2.75) is 432 Å². The second-order valence-corrected chi connectivity index (χ2v) is 31.5. The Morgan fingerprint density at radius 2 is 0.474 bits per heavy atom. The van der Waals surface area contributed by atoms with Crippen LogP contribution in [0.25, 0.3) is 0 Å². The molecule has 0 spiro atoms. The predicted molar refractivity (Wildman–Crippen MR) is 395 cm³/mol. The molecule has 576 valence electrons. The smallest absolute Gasteiger partial charge is 0.462 e. The highest BCUT2D eigenvalue weighted by atomic mass is 31.2. The van der Waals surface area contributed by atoms with E-state index in [1.54, 1.807) is 0 Å². The van der Waals surface area contributed by atoms with Gasteiger partial charge in [-0.25, -0.2) is 9.13 Å². The Bertz CT molecular complexity index is 1860. The molecule has 19 heteroatoms. The molecule has 0 amide bonds. The molecule has 0 fully saturated rings. The third-order valence-corrected chi connectivity index (χ3v) is 20.2. The second-order valence-electron chi connectivity index (χ2n) is 28.6. The van der Waals surface area contributed by atoms with E-state index in [4.69, 9.17) is 37.0 Å². The Kier molecular flexibility index (Phi) is 69.6. The molecule has 0 aromatic rings. The van der Waals surface area contributed by atoms with Crippen LogP contribution in [0.1, 0.15) is 413 Å². The molecule has 2 unspecified atom stereocenters. The SMILES string of the molecule is CCCCCCCCCCCCCCCCCCCCCCCC(=O)O[C@H](COC(=O)CCCCCCCCCCCCCCCCCCC(C)C)COP(=O)(O)OC[C@@H](O)COP(=O)(O)OC[C@@H](COC(=O)CCCCCCCCCC)OC(=O)CCCCCCCCCCC. The summed E-state index contributed by atoms with van der Waals surface area (Å²) in [6.07, 6.45) is 61.3. The number of hydrogen-bond donors (Lipinski definition) is 3. The van der Waals surface area contributed by atoms with E-state index in [9.17, 15) is 43.2 Å². The summed E-state index contributed by atoms with van der Waals surface area (Å²) in [5, 5.41) is 10.6. The minimum absolute atomic E-state index is 0.106. The Hall–Kier alpha value is -1.94. The van der Waals surface area contributed by atoms with Gasteiger partial charge in [0.1, 0.15) is 19.3 Å². The summed E-state index contributed by atoms with van der Waals surface area (Å²) in [6.45, 7) is 7.29. The standard InChI is InChI=1S/C78H152O17P2/c1-6-9-12-15-18-21-22-23-24-25-26-27-28-29-34-37-40-44-49-54-59-64-78(83)95-74(68-89-76(81)62-57-52-47-43-39-36-33-31-30-32-35-38-42-45-50-55-60-71(4)5)70-93-97(86,87)91-66-72(79)65-90-96(84,85)92-69-73(67-88-75(80)61-56-51-46-20-17-14-11-8-3)94-77(82)63-58-53-48-41-19-16-13-10-7-2/h71-74,79H,6-70H2,1-5H3,(H,84,85)(H,86,87)/t72-,73+,74+/m0/s1. The van der Waals surface area contributed by atoms with Gasteiger partial charge < -0.3 is 33.8 Å². The van der Waals surface area contributed by atoms with Gasteiger partial charge in [0.05, 0.1) is 26.4 Å². The number of hydrogen-bond acceptors (Lipinski definition) is 15. The van der Waals surface area contributed by atoms with Crippen molar-refractivity contribution >= 4 is 39.5 Å². The Balaban J connectivity index is 5.14. The summed E-state index contributed by atoms with van der Waals surface area (Å²) in [5.74, 6) is -1.30. The Labute approximate surface area is 594 Å². The first-order chi connectivity index (χ1) is 47.0. The van der Waals surface area contributed by atoms with Crippen molar-refractivity contribution in [1.29, 1.82) is 0 Å². The van der Waals surface area contributed by atoms with E-state index in [-0.39, 0.29) is 25.7 Å². The van der Waals surface area contributed by atoms with Gasteiger partial charge in [-0.1, -0.05) is 362 Å². The van der Waals surface area contributed by atoms with Gasteiger partial charge in [0.15, 0.2) is 12.2 Å². The van der Waals surface area contributed by atoms with Gasteiger partial charge in [-0.05, 0) is 31.6 Å². The van der Waals surface area contributed by atoms with Crippen LogP contribution >= 0.6 is 15.6 Å². The second kappa shape index (κ2) is 71.1. The lowest BCUT2D eigenvalue weighted by atomic mass is 10.0. The molecule has 97 heavy (non-hydrogen) atoms. The van der Waals surface area contributed by atoms with Crippen molar-refractivity contribution in [3.05, 3.63) is 0 Å². The van der Waals surface area contributed by atoms with Gasteiger partial charge in [-0.2, -0.15) is 0 Å². The molecule has 0 aromatic heterocycles. The van der Waals surface area contributed by atoms with Gasteiger partial charge >= 0.3 is 39.5 Å². The molecule has 0 radical (unpaired) electrons. The number of aliphatic hydroxyl groups is 1. The summed E-state index contributed by atoms with van der Waals surface area (Å²) in [5.41, 5.74) is 0.